The van der Waals surface area contributed by atoms with Gasteiger partial charge in [-0.25, -0.2) is 4.79 Å². The van der Waals surface area contributed by atoms with Gasteiger partial charge in [-0.05, 0) is 5.56 Å². The molecule has 0 bridgehead atoms. The molecule has 10 nitrogen and oxygen atoms in total. The van der Waals surface area contributed by atoms with E-state index in [1.54, 1.807) is 17.9 Å². The highest BCUT2D eigenvalue weighted by Gasteiger charge is 2.21. The third-order valence-corrected chi connectivity index (χ3v) is 3.69. The van der Waals surface area contributed by atoms with Crippen LogP contribution in [-0.4, -0.2) is 44.2 Å². The maximum absolute atomic E-state index is 12.5. The summed E-state index contributed by atoms with van der Waals surface area (Å²) in [4.78, 5) is 24.2. The van der Waals surface area contributed by atoms with Gasteiger partial charge in [0.15, 0.2) is 11.5 Å². The summed E-state index contributed by atoms with van der Waals surface area (Å²) in [5.74, 6) is -0.416. The lowest BCUT2D eigenvalue weighted by Crippen LogP contribution is -2.34. The zero-order valence-corrected chi connectivity index (χ0v) is 14.2. The average Bonchev–Trinajstić information content (AvgIpc) is 3.28. The second-order valence-corrected chi connectivity index (χ2v) is 5.49. The zero-order valence-electron chi connectivity index (χ0n) is 14.2. The Balaban J connectivity index is 1.80. The van der Waals surface area contributed by atoms with Gasteiger partial charge in [0.2, 0.25) is 0 Å². The van der Waals surface area contributed by atoms with Crippen LogP contribution in [-0.2, 0) is 7.05 Å². The number of nitrogens with zero attached hydrogens (tertiary/aromatic N) is 4. The second kappa shape index (κ2) is 7.47. The number of anilines is 1. The van der Waals surface area contributed by atoms with Crippen molar-refractivity contribution in [2.75, 3.05) is 12.4 Å². The lowest BCUT2D eigenvalue weighted by molar-refractivity contribution is 0.0959. The van der Waals surface area contributed by atoms with Crippen LogP contribution in [0.2, 0.25) is 0 Å². The molecule has 0 radical (unpaired) electrons. The number of urea groups is 1. The standard InChI is InChI=1S/C16H18N8O2/c1-17-15(25)13-14(22-23-21-13)20-16(26)19-12(10-6-4-3-5-7-10)11-8-18-24(2)9-11/h3-9,12H,1-2H3,(H,17,25)(H3,19,20,21,22,23,26). The summed E-state index contributed by atoms with van der Waals surface area (Å²) in [5.41, 5.74) is 1.71. The van der Waals surface area contributed by atoms with Crippen LogP contribution in [0, 0.1) is 0 Å². The van der Waals surface area contributed by atoms with Crippen LogP contribution >= 0.6 is 0 Å². The summed E-state index contributed by atoms with van der Waals surface area (Å²) in [6.07, 6.45) is 3.51. The molecule has 26 heavy (non-hydrogen) atoms. The van der Waals surface area contributed by atoms with Gasteiger partial charge in [-0.3, -0.25) is 14.8 Å². The molecule has 0 aliphatic heterocycles. The highest BCUT2D eigenvalue weighted by atomic mass is 16.2. The first-order valence-electron chi connectivity index (χ1n) is 7.82. The van der Waals surface area contributed by atoms with Gasteiger partial charge in [0, 0.05) is 25.9 Å². The molecular weight excluding hydrogens is 336 g/mol. The lowest BCUT2D eigenvalue weighted by Gasteiger charge is -2.18. The zero-order chi connectivity index (χ0) is 18.5. The number of benzene rings is 1. The number of aromatic nitrogens is 5. The van der Waals surface area contributed by atoms with Gasteiger partial charge >= 0.3 is 6.03 Å². The van der Waals surface area contributed by atoms with Gasteiger partial charge in [0.05, 0.1) is 12.2 Å². The van der Waals surface area contributed by atoms with E-state index in [9.17, 15) is 9.59 Å². The molecule has 2 aromatic heterocycles. The minimum absolute atomic E-state index is 0.000267. The van der Waals surface area contributed by atoms with Crippen LogP contribution in [0.3, 0.4) is 0 Å². The molecule has 0 fully saturated rings. The van der Waals surface area contributed by atoms with Crippen LogP contribution in [0.1, 0.15) is 27.7 Å². The predicted molar refractivity (Wildman–Crippen MR) is 93.4 cm³/mol. The Bertz CT molecular complexity index is 902. The largest absolute Gasteiger partial charge is 0.354 e. The summed E-state index contributed by atoms with van der Waals surface area (Å²) in [5, 5.41) is 21.9. The predicted octanol–water partition coefficient (Wildman–Crippen LogP) is 0.809. The smallest absolute Gasteiger partial charge is 0.321 e. The normalized spacial score (nSPS) is 11.6. The highest BCUT2D eigenvalue weighted by Crippen LogP contribution is 2.21. The molecule has 0 aliphatic rings. The summed E-state index contributed by atoms with van der Waals surface area (Å²) < 4.78 is 1.66. The van der Waals surface area contributed by atoms with Crippen molar-refractivity contribution in [1.82, 2.24) is 35.8 Å². The lowest BCUT2D eigenvalue weighted by atomic mass is 10.0. The van der Waals surface area contributed by atoms with Crippen molar-refractivity contribution < 1.29 is 9.59 Å². The molecule has 1 atom stereocenters. The Morgan fingerprint density at radius 1 is 1.15 bits per heavy atom. The molecular formula is C16H18N8O2. The summed E-state index contributed by atoms with van der Waals surface area (Å²) in [6, 6.07) is 8.55. The Morgan fingerprint density at radius 3 is 2.58 bits per heavy atom. The molecule has 0 saturated carbocycles. The van der Waals surface area contributed by atoms with E-state index in [4.69, 9.17) is 0 Å². The molecule has 0 saturated heterocycles. The quantitative estimate of drug-likeness (QED) is 0.539. The third kappa shape index (κ3) is 3.69. The second-order valence-electron chi connectivity index (χ2n) is 5.49. The van der Waals surface area contributed by atoms with E-state index in [2.05, 4.69) is 36.5 Å². The van der Waals surface area contributed by atoms with Crippen molar-refractivity contribution in [2.45, 2.75) is 6.04 Å². The van der Waals surface area contributed by atoms with E-state index in [1.807, 2.05) is 36.5 Å². The van der Waals surface area contributed by atoms with Crippen molar-refractivity contribution in [2.24, 2.45) is 7.05 Å². The fraction of sp³-hybridized carbons (Fsp3) is 0.188. The first-order valence-corrected chi connectivity index (χ1v) is 7.82. The number of amides is 3. The van der Waals surface area contributed by atoms with Gasteiger partial charge in [0.25, 0.3) is 5.91 Å². The molecule has 4 N–H and O–H groups in total. The fourth-order valence-corrected chi connectivity index (χ4v) is 2.46. The molecule has 2 heterocycles. The molecule has 134 valence electrons. The van der Waals surface area contributed by atoms with Crippen molar-refractivity contribution in [3.05, 3.63) is 59.5 Å². The number of aryl methyl sites for hydroxylation is 1. The van der Waals surface area contributed by atoms with Crippen LogP contribution in [0.5, 0.6) is 0 Å². The Labute approximate surface area is 149 Å². The first-order chi connectivity index (χ1) is 12.6. The number of nitrogens with one attached hydrogen (secondary N) is 4. The fourth-order valence-electron chi connectivity index (χ4n) is 2.46. The Hall–Kier alpha value is -3.69. The molecule has 0 spiro atoms. The summed E-state index contributed by atoms with van der Waals surface area (Å²) >= 11 is 0. The van der Waals surface area contributed by atoms with Gasteiger partial charge in [-0.15, -0.1) is 10.2 Å². The van der Waals surface area contributed by atoms with E-state index in [1.165, 1.54) is 7.05 Å². The maximum atomic E-state index is 12.5. The monoisotopic (exact) mass is 354 g/mol. The number of carbonyl (C=O) groups is 2. The molecule has 10 heteroatoms. The van der Waals surface area contributed by atoms with E-state index in [0.717, 1.165) is 11.1 Å². The van der Waals surface area contributed by atoms with E-state index >= 15 is 0 Å². The number of hydrogen-bond donors (Lipinski definition) is 4. The summed E-state index contributed by atoms with van der Waals surface area (Å²) in [6.45, 7) is 0. The number of hydrogen-bond acceptors (Lipinski definition) is 5. The van der Waals surface area contributed by atoms with Crippen molar-refractivity contribution in [3.8, 4) is 0 Å². The first kappa shape index (κ1) is 17.1. The van der Waals surface area contributed by atoms with E-state index < -0.39 is 18.0 Å². The van der Waals surface area contributed by atoms with Crippen LogP contribution < -0.4 is 16.0 Å². The minimum atomic E-state index is -0.526. The maximum Gasteiger partial charge on any atom is 0.321 e. The summed E-state index contributed by atoms with van der Waals surface area (Å²) in [7, 11) is 3.27. The van der Waals surface area contributed by atoms with Crippen molar-refractivity contribution >= 4 is 17.8 Å². The molecule has 1 aromatic carbocycles. The topological polar surface area (TPSA) is 130 Å². The number of H-pyrrole nitrogens is 1. The van der Waals surface area contributed by atoms with Crippen LogP contribution in [0.4, 0.5) is 10.6 Å². The molecule has 3 aromatic rings. The van der Waals surface area contributed by atoms with E-state index in [-0.39, 0.29) is 11.5 Å². The van der Waals surface area contributed by atoms with Crippen molar-refractivity contribution in [1.29, 1.82) is 0 Å². The van der Waals surface area contributed by atoms with Gasteiger partial charge in [-0.2, -0.15) is 10.3 Å². The minimum Gasteiger partial charge on any atom is -0.354 e. The average molecular weight is 354 g/mol. The highest BCUT2D eigenvalue weighted by molar-refractivity contribution is 6.00. The molecule has 1 unspecified atom stereocenters. The number of rotatable bonds is 5. The molecule has 3 amide bonds. The Kier molecular flexibility index (Phi) is 4.92. The molecule has 3 rings (SSSR count). The van der Waals surface area contributed by atoms with Gasteiger partial charge < -0.3 is 10.6 Å². The third-order valence-electron chi connectivity index (χ3n) is 3.69. The SMILES string of the molecule is CNC(=O)c1n[nH]nc1NC(=O)NC(c1ccccc1)c1cnn(C)c1. The Morgan fingerprint density at radius 2 is 1.92 bits per heavy atom. The number of aromatic amines is 1. The van der Waals surface area contributed by atoms with Gasteiger partial charge in [-0.1, -0.05) is 30.3 Å². The number of carbonyl (C=O) groups excluding carboxylic acids is 2. The van der Waals surface area contributed by atoms with Gasteiger partial charge in [0.1, 0.15) is 0 Å². The van der Waals surface area contributed by atoms with Crippen LogP contribution in [0.15, 0.2) is 42.7 Å². The van der Waals surface area contributed by atoms with Crippen LogP contribution in [0.25, 0.3) is 0 Å². The van der Waals surface area contributed by atoms with Crippen molar-refractivity contribution in [3.63, 3.8) is 0 Å². The van der Waals surface area contributed by atoms with E-state index in [0.29, 0.717) is 0 Å². The molecule has 0 aliphatic carbocycles.